The van der Waals surface area contributed by atoms with Gasteiger partial charge in [-0.3, -0.25) is 18.7 Å². The van der Waals surface area contributed by atoms with Gasteiger partial charge in [-0.05, 0) is 12.8 Å². The molecule has 8 nitrogen and oxygen atoms in total. The molecule has 38 heavy (non-hydrogen) atoms. The minimum absolute atomic E-state index is 0.00355. The molecule has 0 aliphatic rings. The van der Waals surface area contributed by atoms with E-state index in [4.69, 9.17) is 18.8 Å². The van der Waals surface area contributed by atoms with Gasteiger partial charge in [-0.1, -0.05) is 128 Å². The van der Waals surface area contributed by atoms with Crippen molar-refractivity contribution in [1.29, 1.82) is 0 Å². The fourth-order valence-electron chi connectivity index (χ4n) is 4.65. The summed E-state index contributed by atoms with van der Waals surface area (Å²) in [6.45, 7) is 0. The lowest BCUT2D eigenvalue weighted by atomic mass is 10.0. The fraction of sp³-hybridized carbons (Fsp3) is 0.929. The molecule has 0 spiro atoms. The summed E-state index contributed by atoms with van der Waals surface area (Å²) in [5, 5.41) is 0. The molecular weight excluding hydrogens is 526 g/mol. The molecule has 0 heterocycles. The zero-order chi connectivity index (χ0) is 28.5. The van der Waals surface area contributed by atoms with Crippen LogP contribution in [0.25, 0.3) is 0 Å². The molecule has 0 fully saturated rings. The molecule has 0 aliphatic heterocycles. The van der Waals surface area contributed by atoms with E-state index in [1.165, 1.54) is 111 Å². The van der Waals surface area contributed by atoms with Crippen LogP contribution < -0.4 is 0 Å². The van der Waals surface area contributed by atoms with E-state index in [9.17, 15) is 18.7 Å². The van der Waals surface area contributed by atoms with Gasteiger partial charge in [0, 0.05) is 27.1 Å². The molecule has 0 bridgehead atoms. The summed E-state index contributed by atoms with van der Waals surface area (Å²) < 4.78 is 32.1. The monoisotopic (exact) mass is 582 g/mol. The minimum Gasteiger partial charge on any atom is -0.319 e. The van der Waals surface area contributed by atoms with E-state index in [1.54, 1.807) is 0 Å². The molecule has 0 atom stereocenters. The second-order valence-corrected chi connectivity index (χ2v) is 14.3. The first-order chi connectivity index (χ1) is 18.2. The molecule has 0 radical (unpaired) electrons. The van der Waals surface area contributed by atoms with Crippen LogP contribution in [-0.2, 0) is 27.8 Å². The molecule has 0 saturated heterocycles. The Labute approximate surface area is 232 Å². The average Bonchev–Trinajstić information content (AvgIpc) is 2.89. The van der Waals surface area contributed by atoms with Gasteiger partial charge < -0.3 is 18.8 Å². The number of rotatable bonds is 29. The van der Waals surface area contributed by atoms with Crippen molar-refractivity contribution >= 4 is 26.2 Å². The van der Waals surface area contributed by atoms with Gasteiger partial charge in [0.1, 0.15) is 0 Å². The molecule has 0 unspecified atom stereocenters. The summed E-state index contributed by atoms with van der Waals surface area (Å²) >= 11 is 0. The second kappa shape index (κ2) is 24.4. The van der Waals surface area contributed by atoms with Crippen molar-refractivity contribution in [3.8, 4) is 0 Å². The first kappa shape index (κ1) is 37.6. The first-order valence-electron chi connectivity index (χ1n) is 15.0. The van der Waals surface area contributed by atoms with Crippen LogP contribution in [0.1, 0.15) is 154 Å². The lowest BCUT2D eigenvalue weighted by molar-refractivity contribution is -0.114. The smallest absolute Gasteiger partial charge is 0.319 e. The Morgan fingerprint density at radius 3 is 0.868 bits per heavy atom. The second-order valence-electron chi connectivity index (χ2n) is 10.5. The predicted octanol–water partition coefficient (Wildman–Crippen LogP) is 9.07. The molecule has 226 valence electrons. The summed E-state index contributed by atoms with van der Waals surface area (Å²) in [6, 6.07) is 0. The van der Waals surface area contributed by atoms with E-state index in [0.717, 1.165) is 38.5 Å². The molecule has 2 N–H and O–H groups in total. The number of carbonyl (C=O) groups is 2. The van der Waals surface area contributed by atoms with Gasteiger partial charge in [-0.2, -0.15) is 0 Å². The van der Waals surface area contributed by atoms with E-state index < -0.39 is 26.2 Å². The molecule has 0 rings (SSSR count). The largest absolute Gasteiger partial charge is 0.396 e. The van der Waals surface area contributed by atoms with Crippen molar-refractivity contribution in [3.05, 3.63) is 0 Å². The average molecular weight is 583 g/mol. The molecule has 10 heteroatoms. The third-order valence-corrected chi connectivity index (χ3v) is 9.81. The van der Waals surface area contributed by atoms with Crippen molar-refractivity contribution in [2.24, 2.45) is 0 Å². The quantitative estimate of drug-likeness (QED) is 0.0660. The van der Waals surface area contributed by atoms with Crippen molar-refractivity contribution in [2.75, 3.05) is 14.2 Å². The maximum atomic E-state index is 11.9. The van der Waals surface area contributed by atoms with Crippen molar-refractivity contribution in [3.63, 3.8) is 0 Å². The lowest BCUT2D eigenvalue weighted by Gasteiger charge is -2.11. The van der Waals surface area contributed by atoms with Crippen molar-refractivity contribution in [2.45, 2.75) is 154 Å². The molecule has 0 saturated carbocycles. The zero-order valence-electron chi connectivity index (χ0n) is 24.2. The molecule has 0 aromatic rings. The van der Waals surface area contributed by atoms with Crippen LogP contribution >= 0.6 is 15.2 Å². The summed E-state index contributed by atoms with van der Waals surface area (Å²) in [4.78, 5) is 40.5. The van der Waals surface area contributed by atoms with Crippen LogP contribution in [0.15, 0.2) is 0 Å². The highest BCUT2D eigenvalue weighted by Gasteiger charge is 2.31. The standard InChI is InChI=1S/C28H56O8P2/c1-35-38(34,36-2)28(30)26-24-22-20-18-16-14-12-10-8-6-4-3-5-7-9-11-13-15-17-19-21-23-25-27(29)37(31,32)33/h3-26H2,1-2H3,(H2,31,32,33). The maximum absolute atomic E-state index is 11.9. The Balaban J connectivity index is 3.24. The predicted molar refractivity (Wildman–Crippen MR) is 154 cm³/mol. The summed E-state index contributed by atoms with van der Waals surface area (Å²) in [5.74, 6) is 0. The van der Waals surface area contributed by atoms with Crippen LogP contribution in [0.5, 0.6) is 0 Å². The van der Waals surface area contributed by atoms with Gasteiger partial charge in [0.15, 0.2) is 0 Å². The number of hydrogen-bond donors (Lipinski definition) is 2. The molecule has 0 amide bonds. The van der Waals surface area contributed by atoms with Gasteiger partial charge in [0.25, 0.3) is 0 Å². The fourth-order valence-corrected chi connectivity index (χ4v) is 6.09. The van der Waals surface area contributed by atoms with Crippen molar-refractivity contribution < 1.29 is 37.6 Å². The van der Waals surface area contributed by atoms with E-state index in [1.807, 2.05) is 0 Å². The Kier molecular flexibility index (Phi) is 24.2. The lowest BCUT2D eigenvalue weighted by Crippen LogP contribution is -2.03. The van der Waals surface area contributed by atoms with Crippen LogP contribution in [0.3, 0.4) is 0 Å². The van der Waals surface area contributed by atoms with Gasteiger partial charge in [-0.15, -0.1) is 0 Å². The van der Waals surface area contributed by atoms with E-state index >= 15 is 0 Å². The Hall–Kier alpha value is -0.360. The van der Waals surface area contributed by atoms with Crippen LogP contribution in [0, 0.1) is 0 Å². The number of hydrogen-bond acceptors (Lipinski definition) is 6. The number of unbranched alkanes of at least 4 members (excludes halogenated alkanes) is 21. The minimum atomic E-state index is -4.52. The third-order valence-electron chi connectivity index (χ3n) is 7.14. The maximum Gasteiger partial charge on any atom is 0.396 e. The van der Waals surface area contributed by atoms with Gasteiger partial charge >= 0.3 is 15.2 Å². The van der Waals surface area contributed by atoms with Crippen LogP contribution in [-0.4, -0.2) is 35.1 Å². The van der Waals surface area contributed by atoms with Gasteiger partial charge in [0.05, 0.1) is 0 Å². The molecule has 0 aliphatic carbocycles. The zero-order valence-corrected chi connectivity index (χ0v) is 26.0. The van der Waals surface area contributed by atoms with E-state index in [2.05, 4.69) is 0 Å². The Bertz CT molecular complexity index is 684. The normalized spacial score (nSPS) is 12.2. The SMILES string of the molecule is COP(=O)(OC)C(=O)CCCCCCCCCCCCCCCCCCCCCCCCC(=O)P(=O)(O)O. The Morgan fingerprint density at radius 1 is 0.447 bits per heavy atom. The molecular formula is C28H56O8P2. The van der Waals surface area contributed by atoms with Gasteiger partial charge in [-0.25, -0.2) is 0 Å². The highest BCUT2D eigenvalue weighted by atomic mass is 31.2. The van der Waals surface area contributed by atoms with Gasteiger partial charge in [0.2, 0.25) is 11.0 Å². The van der Waals surface area contributed by atoms with Crippen LogP contribution in [0.2, 0.25) is 0 Å². The Morgan fingerprint density at radius 2 is 0.658 bits per heavy atom. The first-order valence-corrected chi connectivity index (χ1v) is 18.2. The van der Waals surface area contributed by atoms with E-state index in [0.29, 0.717) is 6.42 Å². The topological polar surface area (TPSA) is 127 Å². The summed E-state index contributed by atoms with van der Waals surface area (Å²) in [5.41, 5.74) is -1.34. The van der Waals surface area contributed by atoms with Crippen molar-refractivity contribution in [1.82, 2.24) is 0 Å². The third kappa shape index (κ3) is 21.5. The highest BCUT2D eigenvalue weighted by molar-refractivity contribution is 7.71. The van der Waals surface area contributed by atoms with E-state index in [-0.39, 0.29) is 12.8 Å². The molecule has 0 aromatic carbocycles. The highest BCUT2D eigenvalue weighted by Crippen LogP contribution is 2.48. The number of carbonyl (C=O) groups excluding carboxylic acids is 2. The summed E-state index contributed by atoms with van der Waals surface area (Å²) in [6.07, 6.45) is 26.2. The molecule has 0 aromatic heterocycles. The van der Waals surface area contributed by atoms with Crippen LogP contribution in [0.4, 0.5) is 0 Å². The summed E-state index contributed by atoms with van der Waals surface area (Å²) in [7, 11) is -5.56.